The van der Waals surface area contributed by atoms with Crippen molar-refractivity contribution in [2.45, 2.75) is 13.0 Å². The highest BCUT2D eigenvalue weighted by molar-refractivity contribution is 6.37. The van der Waals surface area contributed by atoms with E-state index in [0.29, 0.717) is 28.8 Å². The largest absolute Gasteiger partial charge is 0.494 e. The maximum atomic E-state index is 12.3. The van der Waals surface area contributed by atoms with Gasteiger partial charge in [-0.05, 0) is 29.3 Å². The number of hydrogen-bond acceptors (Lipinski definition) is 3. The third kappa shape index (κ3) is 4.43. The van der Waals surface area contributed by atoms with Crippen LogP contribution in [-0.4, -0.2) is 30.9 Å². The first-order chi connectivity index (χ1) is 12.1. The van der Waals surface area contributed by atoms with E-state index in [2.05, 4.69) is 17.0 Å². The lowest BCUT2D eigenvalue weighted by Crippen LogP contribution is -2.35. The number of likely N-dealkylation sites (tertiary alicyclic amines) is 1. The highest BCUT2D eigenvalue weighted by Gasteiger charge is 2.21. The molecule has 25 heavy (non-hydrogen) atoms. The van der Waals surface area contributed by atoms with Gasteiger partial charge in [-0.15, -0.1) is 0 Å². The zero-order chi connectivity index (χ0) is 17.8. The summed E-state index contributed by atoms with van der Waals surface area (Å²) in [4.78, 5) is 14.6. The van der Waals surface area contributed by atoms with Crippen LogP contribution >= 0.6 is 23.2 Å². The van der Waals surface area contributed by atoms with Gasteiger partial charge < -0.3 is 4.74 Å². The molecule has 5 heteroatoms. The van der Waals surface area contributed by atoms with Gasteiger partial charge in [0.15, 0.2) is 11.5 Å². The Morgan fingerprint density at radius 1 is 1.16 bits per heavy atom. The molecule has 1 saturated heterocycles. The molecule has 1 fully saturated rings. The van der Waals surface area contributed by atoms with Gasteiger partial charge >= 0.3 is 0 Å². The van der Waals surface area contributed by atoms with Crippen LogP contribution in [0.15, 0.2) is 48.0 Å². The van der Waals surface area contributed by atoms with Crippen molar-refractivity contribution < 1.29 is 9.53 Å². The number of nitrogens with zero attached hydrogens (tertiary/aromatic N) is 1. The van der Waals surface area contributed by atoms with E-state index >= 15 is 0 Å². The van der Waals surface area contributed by atoms with Crippen LogP contribution in [0.2, 0.25) is 10.0 Å². The molecule has 0 aromatic heterocycles. The summed E-state index contributed by atoms with van der Waals surface area (Å²) in [7, 11) is 1.53. The second-order valence-electron chi connectivity index (χ2n) is 6.06. The molecule has 2 aromatic rings. The van der Waals surface area contributed by atoms with Gasteiger partial charge in [0, 0.05) is 31.6 Å². The predicted octanol–water partition coefficient (Wildman–Crippen LogP) is 4.86. The minimum Gasteiger partial charge on any atom is -0.494 e. The molecule has 0 saturated carbocycles. The van der Waals surface area contributed by atoms with Gasteiger partial charge in [0.1, 0.15) is 0 Å². The van der Waals surface area contributed by atoms with E-state index in [1.165, 1.54) is 12.7 Å². The summed E-state index contributed by atoms with van der Waals surface area (Å²) in [5.41, 5.74) is 2.83. The lowest BCUT2D eigenvalue weighted by atomic mass is 9.99. The number of rotatable bonds is 4. The van der Waals surface area contributed by atoms with E-state index < -0.39 is 0 Å². The molecule has 0 amide bonds. The van der Waals surface area contributed by atoms with Gasteiger partial charge in [0.2, 0.25) is 0 Å². The van der Waals surface area contributed by atoms with Crippen LogP contribution in [0.5, 0.6) is 5.75 Å². The van der Waals surface area contributed by atoms with Crippen molar-refractivity contribution in [3.8, 4) is 5.75 Å². The van der Waals surface area contributed by atoms with Gasteiger partial charge in [0.25, 0.3) is 0 Å². The quantitative estimate of drug-likeness (QED) is 0.714. The average molecular weight is 376 g/mol. The van der Waals surface area contributed by atoms with E-state index in [0.717, 1.165) is 24.2 Å². The lowest BCUT2D eigenvalue weighted by molar-refractivity contribution is -0.117. The van der Waals surface area contributed by atoms with Crippen molar-refractivity contribution in [3.63, 3.8) is 0 Å². The van der Waals surface area contributed by atoms with Gasteiger partial charge in [-0.2, -0.15) is 0 Å². The van der Waals surface area contributed by atoms with E-state index in [1.807, 2.05) is 24.3 Å². The topological polar surface area (TPSA) is 29.5 Å². The van der Waals surface area contributed by atoms with E-state index in [1.54, 1.807) is 12.1 Å². The number of ether oxygens (including phenoxy) is 1. The highest BCUT2D eigenvalue weighted by Crippen LogP contribution is 2.34. The molecule has 2 aromatic carbocycles. The van der Waals surface area contributed by atoms with Crippen LogP contribution in [-0.2, 0) is 11.3 Å². The summed E-state index contributed by atoms with van der Waals surface area (Å²) in [5.74, 6) is 0.624. The lowest BCUT2D eigenvalue weighted by Gasteiger charge is -2.28. The van der Waals surface area contributed by atoms with Gasteiger partial charge in [-0.3, -0.25) is 9.69 Å². The van der Waals surface area contributed by atoms with Gasteiger partial charge in [-0.25, -0.2) is 0 Å². The zero-order valence-corrected chi connectivity index (χ0v) is 15.5. The van der Waals surface area contributed by atoms with E-state index in [-0.39, 0.29) is 5.78 Å². The summed E-state index contributed by atoms with van der Waals surface area (Å²) < 4.78 is 5.17. The number of halogens is 2. The number of piperidine rings is 1. The fourth-order valence-electron chi connectivity index (χ4n) is 2.99. The van der Waals surface area contributed by atoms with Crippen LogP contribution in [0.3, 0.4) is 0 Å². The molecule has 130 valence electrons. The Morgan fingerprint density at radius 3 is 2.48 bits per heavy atom. The minimum atomic E-state index is 0.173. The predicted molar refractivity (Wildman–Crippen MR) is 102 cm³/mol. The highest BCUT2D eigenvalue weighted by atomic mass is 35.5. The Kier molecular flexibility index (Phi) is 5.79. The summed E-state index contributed by atoms with van der Waals surface area (Å²) in [6.07, 6.45) is 2.40. The fraction of sp³-hybridized carbons (Fsp3) is 0.250. The van der Waals surface area contributed by atoms with Crippen LogP contribution in [0.25, 0.3) is 6.08 Å². The average Bonchev–Trinajstić information content (AvgIpc) is 2.59. The van der Waals surface area contributed by atoms with Crippen molar-refractivity contribution in [2.24, 2.45) is 0 Å². The monoisotopic (exact) mass is 375 g/mol. The Hall–Kier alpha value is -1.81. The second kappa shape index (κ2) is 8.05. The van der Waals surface area contributed by atoms with Crippen LogP contribution in [0.1, 0.15) is 17.5 Å². The Bertz CT molecular complexity index is 780. The number of Topliss-reactive ketones (excluding diaryl/α,β-unsaturated/α-hetero) is 1. The maximum absolute atomic E-state index is 12.3. The first kappa shape index (κ1) is 18.0. The summed E-state index contributed by atoms with van der Waals surface area (Å²) >= 11 is 12.4. The molecular weight excluding hydrogens is 357 g/mol. The summed E-state index contributed by atoms with van der Waals surface area (Å²) in [6, 6.07) is 13.8. The number of methoxy groups -OCH3 is 1. The minimum absolute atomic E-state index is 0.173. The van der Waals surface area contributed by atoms with Crippen molar-refractivity contribution in [2.75, 3.05) is 20.2 Å². The SMILES string of the molecule is COc1c(Cl)cc(/C=C2\CN(Cc3ccccc3)CCC2=O)cc1Cl. The fourth-order valence-corrected chi connectivity index (χ4v) is 3.65. The number of benzene rings is 2. The van der Waals surface area contributed by atoms with Crippen molar-refractivity contribution in [3.05, 3.63) is 69.2 Å². The molecule has 1 aliphatic rings. The summed E-state index contributed by atoms with van der Waals surface area (Å²) in [5, 5.41) is 0.873. The molecule has 0 aliphatic carbocycles. The molecular formula is C20H19Cl2NO2. The Labute approximate surface area is 157 Å². The third-order valence-corrected chi connectivity index (χ3v) is 4.78. The standard InChI is InChI=1S/C20H19Cl2NO2/c1-25-20-17(21)10-15(11-18(20)22)9-16-13-23(8-7-19(16)24)12-14-5-3-2-4-6-14/h2-6,9-11H,7-8,12-13H2,1H3/b16-9+. The van der Waals surface area contributed by atoms with Gasteiger partial charge in [-0.1, -0.05) is 53.5 Å². The van der Waals surface area contributed by atoms with Crippen molar-refractivity contribution >= 4 is 35.1 Å². The molecule has 0 spiro atoms. The Morgan fingerprint density at radius 2 is 1.84 bits per heavy atom. The number of carbonyl (C=O) groups excluding carboxylic acids is 1. The number of hydrogen-bond donors (Lipinski definition) is 0. The van der Waals surface area contributed by atoms with E-state index in [4.69, 9.17) is 27.9 Å². The molecule has 3 nitrogen and oxygen atoms in total. The number of ketones is 1. The van der Waals surface area contributed by atoms with Crippen LogP contribution in [0.4, 0.5) is 0 Å². The molecule has 0 atom stereocenters. The van der Waals surface area contributed by atoms with Crippen molar-refractivity contribution in [1.29, 1.82) is 0 Å². The van der Waals surface area contributed by atoms with Crippen LogP contribution < -0.4 is 4.74 Å². The third-order valence-electron chi connectivity index (χ3n) is 4.22. The normalized spacial score (nSPS) is 17.1. The van der Waals surface area contributed by atoms with Crippen LogP contribution in [0, 0.1) is 0 Å². The smallest absolute Gasteiger partial charge is 0.161 e. The molecule has 0 bridgehead atoms. The molecule has 3 rings (SSSR count). The Balaban J connectivity index is 1.80. The first-order valence-corrected chi connectivity index (χ1v) is 8.85. The van der Waals surface area contributed by atoms with E-state index in [9.17, 15) is 4.79 Å². The zero-order valence-electron chi connectivity index (χ0n) is 14.0. The summed E-state index contributed by atoms with van der Waals surface area (Å²) in [6.45, 7) is 2.22. The molecule has 0 unspecified atom stereocenters. The van der Waals surface area contributed by atoms with Gasteiger partial charge in [0.05, 0.1) is 17.2 Å². The molecule has 1 heterocycles. The van der Waals surface area contributed by atoms with Crippen molar-refractivity contribution in [1.82, 2.24) is 4.90 Å². The molecule has 1 aliphatic heterocycles. The maximum Gasteiger partial charge on any atom is 0.161 e. The molecule has 0 radical (unpaired) electrons. The second-order valence-corrected chi connectivity index (χ2v) is 6.87. The molecule has 0 N–H and O–H groups in total. The number of carbonyl (C=O) groups is 1. The first-order valence-electron chi connectivity index (χ1n) is 8.10.